The predicted molar refractivity (Wildman–Crippen MR) is 146 cm³/mol. The van der Waals surface area contributed by atoms with E-state index < -0.39 is 12.0 Å². The molecule has 198 valence electrons. The smallest absolute Gasteiger partial charge is 0.337 e. The Hall–Kier alpha value is -3.61. The minimum atomic E-state index is -0.679. The molecule has 0 saturated heterocycles. The number of allylic oxidation sites excluding steroid dienone is 1. The number of carbonyl (C=O) groups excluding carboxylic acids is 3. The summed E-state index contributed by atoms with van der Waals surface area (Å²) in [5, 5.41) is 5.89. The van der Waals surface area contributed by atoms with Gasteiger partial charge in [-0.25, -0.2) is 9.59 Å². The highest BCUT2D eigenvalue weighted by molar-refractivity contribution is 6.04. The van der Waals surface area contributed by atoms with Crippen LogP contribution in [0.25, 0.3) is 0 Å². The number of anilines is 1. The second kappa shape index (κ2) is 13.6. The van der Waals surface area contributed by atoms with Gasteiger partial charge in [-0.2, -0.15) is 0 Å². The van der Waals surface area contributed by atoms with Crippen molar-refractivity contribution in [2.45, 2.75) is 71.8 Å². The Morgan fingerprint density at radius 2 is 1.73 bits per heavy atom. The van der Waals surface area contributed by atoms with E-state index in [-0.39, 0.29) is 11.9 Å². The Morgan fingerprint density at radius 1 is 1.00 bits per heavy atom. The number of ether oxygens (including phenoxy) is 1. The number of benzene rings is 2. The molecule has 0 aliphatic carbocycles. The van der Waals surface area contributed by atoms with Crippen molar-refractivity contribution < 1.29 is 19.1 Å². The lowest BCUT2D eigenvalue weighted by atomic mass is 9.94. The first-order valence-electron chi connectivity index (χ1n) is 13.3. The molecule has 1 atom stereocenters. The summed E-state index contributed by atoms with van der Waals surface area (Å²) in [6, 6.07) is 14.0. The van der Waals surface area contributed by atoms with Gasteiger partial charge in [0.25, 0.3) is 5.91 Å². The third-order valence-corrected chi connectivity index (χ3v) is 6.75. The van der Waals surface area contributed by atoms with Crippen molar-refractivity contribution in [3.63, 3.8) is 0 Å². The third-order valence-electron chi connectivity index (χ3n) is 6.75. The van der Waals surface area contributed by atoms with E-state index >= 15 is 0 Å². The van der Waals surface area contributed by atoms with Crippen LogP contribution in [0, 0.1) is 0 Å². The molecule has 1 heterocycles. The highest BCUT2D eigenvalue weighted by atomic mass is 16.5. The van der Waals surface area contributed by atoms with Gasteiger partial charge < -0.3 is 15.4 Å². The molecule has 0 saturated carbocycles. The number of amides is 3. The second-order valence-corrected chi connectivity index (χ2v) is 9.47. The normalized spacial score (nSPS) is 15.4. The van der Waals surface area contributed by atoms with Crippen LogP contribution in [0.1, 0.15) is 86.8 Å². The maximum absolute atomic E-state index is 12.9. The van der Waals surface area contributed by atoms with Crippen LogP contribution in [0.4, 0.5) is 10.5 Å². The highest BCUT2D eigenvalue weighted by Crippen LogP contribution is 2.32. The topological polar surface area (TPSA) is 87.7 Å². The van der Waals surface area contributed by atoms with Gasteiger partial charge in [0.05, 0.1) is 18.7 Å². The molecule has 2 aromatic rings. The van der Waals surface area contributed by atoms with Gasteiger partial charge in [-0.15, -0.1) is 0 Å². The Morgan fingerprint density at radius 3 is 2.41 bits per heavy atom. The van der Waals surface area contributed by atoms with E-state index in [1.165, 1.54) is 31.9 Å². The molecule has 37 heavy (non-hydrogen) atoms. The van der Waals surface area contributed by atoms with Gasteiger partial charge in [0.2, 0.25) is 0 Å². The number of hydrogen-bond acceptors (Lipinski definition) is 4. The van der Waals surface area contributed by atoms with E-state index in [9.17, 15) is 14.4 Å². The summed E-state index contributed by atoms with van der Waals surface area (Å²) < 4.78 is 5.05. The molecular formula is C30H39N3O4. The lowest BCUT2D eigenvalue weighted by molar-refractivity contribution is -0.136. The first kappa shape index (κ1) is 28.0. The van der Waals surface area contributed by atoms with Crippen molar-refractivity contribution in [1.29, 1.82) is 0 Å². The lowest BCUT2D eigenvalue weighted by Gasteiger charge is -2.35. The van der Waals surface area contributed by atoms with E-state index in [1.807, 2.05) is 37.3 Å². The quantitative estimate of drug-likeness (QED) is 0.259. The number of hydrogen-bond donors (Lipinski definition) is 2. The van der Waals surface area contributed by atoms with Crippen molar-refractivity contribution in [1.82, 2.24) is 10.2 Å². The number of aryl methyl sites for hydroxylation is 1. The zero-order valence-corrected chi connectivity index (χ0v) is 22.4. The first-order valence-corrected chi connectivity index (χ1v) is 13.3. The Balaban J connectivity index is 1.77. The molecule has 0 aromatic heterocycles. The minimum Gasteiger partial charge on any atom is -0.466 e. The average Bonchev–Trinajstić information content (AvgIpc) is 2.91. The number of unbranched alkanes of at least 4 members (excludes halogenated alkanes) is 4. The zero-order valence-electron chi connectivity index (χ0n) is 22.4. The van der Waals surface area contributed by atoms with Gasteiger partial charge >= 0.3 is 12.0 Å². The first-order chi connectivity index (χ1) is 17.9. The van der Waals surface area contributed by atoms with Crippen LogP contribution >= 0.6 is 0 Å². The van der Waals surface area contributed by atoms with E-state index in [0.717, 1.165) is 25.7 Å². The fraction of sp³-hybridized carbons (Fsp3) is 0.433. The number of rotatable bonds is 12. The van der Waals surface area contributed by atoms with Crippen molar-refractivity contribution in [3.05, 3.63) is 76.5 Å². The molecule has 0 radical (unpaired) electrons. The van der Waals surface area contributed by atoms with Crippen molar-refractivity contribution >= 4 is 23.6 Å². The Labute approximate surface area is 220 Å². The standard InChI is InChI=1S/C30H39N3O4/c1-5-7-9-10-12-22-15-17-23(18-16-22)28(34)31-25-14-11-13-24(20-25)27-26(29(35)37-4)21(3)33(19-8-6-2)30(36)32-27/h11,13-18,20,27H,5-10,12,19H2,1-4H3,(H,31,34)(H,32,36). The number of nitrogens with one attached hydrogen (secondary N) is 2. The van der Waals surface area contributed by atoms with Crippen LogP contribution in [0.15, 0.2) is 59.8 Å². The van der Waals surface area contributed by atoms with Gasteiger partial charge in [0.15, 0.2) is 0 Å². The average molecular weight is 506 g/mol. The van der Waals surface area contributed by atoms with Gasteiger partial charge in [-0.1, -0.05) is 63.8 Å². The maximum atomic E-state index is 12.9. The van der Waals surface area contributed by atoms with E-state index in [4.69, 9.17) is 4.74 Å². The summed E-state index contributed by atoms with van der Waals surface area (Å²) in [7, 11) is 1.33. The van der Waals surface area contributed by atoms with Crippen LogP contribution in [0.2, 0.25) is 0 Å². The SMILES string of the molecule is CCCCCCc1ccc(C(=O)Nc2cccc(C3NC(=O)N(CCCC)C(C)=C3C(=O)OC)c2)cc1. The summed E-state index contributed by atoms with van der Waals surface area (Å²) in [4.78, 5) is 40.1. The monoisotopic (exact) mass is 505 g/mol. The lowest BCUT2D eigenvalue weighted by Crippen LogP contribution is -2.48. The molecule has 7 nitrogen and oxygen atoms in total. The van der Waals surface area contributed by atoms with E-state index in [0.29, 0.717) is 34.6 Å². The molecule has 0 fully saturated rings. The van der Waals surface area contributed by atoms with Crippen LogP contribution in [-0.4, -0.2) is 36.5 Å². The van der Waals surface area contributed by atoms with E-state index in [1.54, 1.807) is 30.0 Å². The second-order valence-electron chi connectivity index (χ2n) is 9.47. The predicted octanol–water partition coefficient (Wildman–Crippen LogP) is 6.38. The number of carbonyl (C=O) groups is 3. The van der Waals surface area contributed by atoms with Crippen LogP contribution in [0.5, 0.6) is 0 Å². The number of urea groups is 1. The Kier molecular flexibility index (Phi) is 10.3. The minimum absolute atomic E-state index is 0.215. The summed E-state index contributed by atoms with van der Waals surface area (Å²) in [6.45, 7) is 6.54. The molecule has 0 bridgehead atoms. The molecule has 2 aromatic carbocycles. The highest BCUT2D eigenvalue weighted by Gasteiger charge is 2.36. The summed E-state index contributed by atoms with van der Waals surface area (Å²) in [5.74, 6) is -0.707. The molecule has 2 N–H and O–H groups in total. The van der Waals surface area contributed by atoms with Crippen LogP contribution in [-0.2, 0) is 16.0 Å². The number of methoxy groups -OCH3 is 1. The largest absolute Gasteiger partial charge is 0.466 e. The summed E-state index contributed by atoms with van der Waals surface area (Å²) >= 11 is 0. The molecule has 1 aliphatic heterocycles. The number of esters is 1. The summed E-state index contributed by atoms with van der Waals surface area (Å²) in [5.41, 5.74) is 4.04. The van der Waals surface area contributed by atoms with Crippen LogP contribution in [0.3, 0.4) is 0 Å². The Bertz CT molecular complexity index is 1120. The van der Waals surface area contributed by atoms with E-state index in [2.05, 4.69) is 17.6 Å². The van der Waals surface area contributed by atoms with Gasteiger partial charge in [-0.3, -0.25) is 9.69 Å². The molecule has 1 aliphatic rings. The van der Waals surface area contributed by atoms with Crippen LogP contribution < -0.4 is 10.6 Å². The molecule has 1 unspecified atom stereocenters. The van der Waals surface area contributed by atoms with Crippen molar-refractivity contribution in [3.8, 4) is 0 Å². The fourth-order valence-electron chi connectivity index (χ4n) is 4.57. The maximum Gasteiger partial charge on any atom is 0.337 e. The zero-order chi connectivity index (χ0) is 26.8. The van der Waals surface area contributed by atoms with Gasteiger partial charge in [0.1, 0.15) is 0 Å². The molecule has 3 rings (SSSR count). The molecule has 7 heteroatoms. The third kappa shape index (κ3) is 7.21. The van der Waals surface area contributed by atoms with Gasteiger partial charge in [-0.05, 0) is 61.6 Å². The van der Waals surface area contributed by atoms with Crippen molar-refractivity contribution in [2.24, 2.45) is 0 Å². The molecule has 3 amide bonds. The fourth-order valence-corrected chi connectivity index (χ4v) is 4.57. The molecular weight excluding hydrogens is 466 g/mol. The summed E-state index contributed by atoms with van der Waals surface area (Å²) in [6.07, 6.45) is 7.61. The van der Waals surface area contributed by atoms with Gasteiger partial charge in [0, 0.05) is 23.5 Å². The van der Waals surface area contributed by atoms with Crippen molar-refractivity contribution in [2.75, 3.05) is 19.0 Å². The molecule has 0 spiro atoms. The number of nitrogens with zero attached hydrogens (tertiary/aromatic N) is 1.